The average molecular weight is 445 g/mol. The number of halogens is 2. The third kappa shape index (κ3) is 4.37. The van der Waals surface area contributed by atoms with Crippen LogP contribution in [0.15, 0.2) is 48.5 Å². The fraction of sp³-hybridized carbons (Fsp3) is 0.217. The summed E-state index contributed by atoms with van der Waals surface area (Å²) in [6.07, 6.45) is 0. The van der Waals surface area contributed by atoms with E-state index >= 15 is 0 Å². The van der Waals surface area contributed by atoms with Crippen LogP contribution < -0.4 is 5.32 Å². The van der Waals surface area contributed by atoms with Crippen LogP contribution in [0.3, 0.4) is 0 Å². The normalized spacial score (nSPS) is 10.7. The van der Waals surface area contributed by atoms with Crippen molar-refractivity contribution in [2.45, 2.75) is 27.3 Å². The Kier molecular flexibility index (Phi) is 6.85. The molecule has 30 heavy (non-hydrogen) atoms. The number of carbonyl (C=O) groups excluding carboxylic acids is 2. The first-order chi connectivity index (χ1) is 14.3. The van der Waals surface area contributed by atoms with E-state index in [-0.39, 0.29) is 17.5 Å². The largest absolute Gasteiger partial charge is 0.461 e. The number of carbonyl (C=O) groups is 2. The quantitative estimate of drug-likeness (QED) is 0.482. The molecular weight excluding hydrogens is 423 g/mol. The van der Waals surface area contributed by atoms with Crippen molar-refractivity contribution >= 4 is 40.8 Å². The summed E-state index contributed by atoms with van der Waals surface area (Å²) in [5.41, 5.74) is 3.39. The summed E-state index contributed by atoms with van der Waals surface area (Å²) in [6.45, 7) is 5.99. The molecule has 1 aromatic heterocycles. The summed E-state index contributed by atoms with van der Waals surface area (Å²) in [7, 11) is 0. The van der Waals surface area contributed by atoms with Crippen LogP contribution >= 0.6 is 23.2 Å². The minimum atomic E-state index is -0.464. The second kappa shape index (κ2) is 9.37. The zero-order valence-corrected chi connectivity index (χ0v) is 18.5. The Morgan fingerprint density at radius 3 is 2.40 bits per heavy atom. The summed E-state index contributed by atoms with van der Waals surface area (Å²) in [6, 6.07) is 14.7. The van der Waals surface area contributed by atoms with E-state index in [1.807, 2.05) is 41.8 Å². The van der Waals surface area contributed by atoms with E-state index < -0.39 is 5.97 Å². The standard InChI is InChI=1S/C23H22Cl2N2O3/c1-4-30-23(29)21-14(2)19(15(3)27(21)13-16-9-6-5-7-10-16)22(28)26-18-12-8-11-17(24)20(18)25/h5-12H,4,13H2,1-3H3,(H,26,28). The Labute approximate surface area is 185 Å². The van der Waals surface area contributed by atoms with Gasteiger partial charge >= 0.3 is 5.97 Å². The molecule has 3 rings (SSSR count). The average Bonchev–Trinajstić information content (AvgIpc) is 2.96. The highest BCUT2D eigenvalue weighted by atomic mass is 35.5. The summed E-state index contributed by atoms with van der Waals surface area (Å²) in [5, 5.41) is 3.41. The number of nitrogens with zero attached hydrogens (tertiary/aromatic N) is 1. The van der Waals surface area contributed by atoms with Gasteiger partial charge in [0.25, 0.3) is 5.91 Å². The van der Waals surface area contributed by atoms with Crippen LogP contribution in [0, 0.1) is 13.8 Å². The topological polar surface area (TPSA) is 60.3 Å². The van der Waals surface area contributed by atoms with E-state index in [0.717, 1.165) is 5.56 Å². The van der Waals surface area contributed by atoms with Gasteiger partial charge in [0.1, 0.15) is 5.69 Å². The zero-order valence-electron chi connectivity index (χ0n) is 17.0. The van der Waals surface area contributed by atoms with Crippen molar-refractivity contribution in [2.24, 2.45) is 0 Å². The molecule has 0 bridgehead atoms. The molecule has 1 heterocycles. The van der Waals surface area contributed by atoms with Crippen LogP contribution in [0.25, 0.3) is 0 Å². The smallest absolute Gasteiger partial charge is 0.355 e. The van der Waals surface area contributed by atoms with Gasteiger partial charge in [0.05, 0.1) is 27.9 Å². The monoisotopic (exact) mass is 444 g/mol. The van der Waals surface area contributed by atoms with Gasteiger partial charge < -0.3 is 14.6 Å². The lowest BCUT2D eigenvalue weighted by Gasteiger charge is -2.12. The number of ether oxygens (including phenoxy) is 1. The Morgan fingerprint density at radius 1 is 1.03 bits per heavy atom. The second-order valence-corrected chi connectivity index (χ2v) is 7.57. The molecule has 0 saturated carbocycles. The number of esters is 1. The molecule has 3 aromatic rings. The highest BCUT2D eigenvalue weighted by Crippen LogP contribution is 2.31. The fourth-order valence-electron chi connectivity index (χ4n) is 3.44. The van der Waals surface area contributed by atoms with Crippen LogP contribution in [0.1, 0.15) is 44.6 Å². The molecule has 156 valence electrons. The van der Waals surface area contributed by atoms with Gasteiger partial charge in [0, 0.05) is 12.2 Å². The van der Waals surface area contributed by atoms with Gasteiger partial charge in [0.15, 0.2) is 0 Å². The zero-order chi connectivity index (χ0) is 21.8. The van der Waals surface area contributed by atoms with Gasteiger partial charge in [0.2, 0.25) is 0 Å². The van der Waals surface area contributed by atoms with E-state index in [1.54, 1.807) is 32.0 Å². The number of benzene rings is 2. The molecule has 0 aliphatic heterocycles. The Bertz CT molecular complexity index is 1090. The molecule has 5 nitrogen and oxygen atoms in total. The minimum Gasteiger partial charge on any atom is -0.461 e. The number of anilines is 1. The van der Waals surface area contributed by atoms with Crippen LogP contribution in [0.5, 0.6) is 0 Å². The molecule has 1 amide bonds. The van der Waals surface area contributed by atoms with E-state index in [1.165, 1.54) is 0 Å². The SMILES string of the molecule is CCOC(=O)c1c(C)c(C(=O)Nc2cccc(Cl)c2Cl)c(C)n1Cc1ccccc1. The lowest BCUT2D eigenvalue weighted by molar-refractivity contribution is 0.0513. The molecular formula is C23H22Cl2N2O3. The van der Waals surface area contributed by atoms with Crippen molar-refractivity contribution in [3.63, 3.8) is 0 Å². The maximum absolute atomic E-state index is 13.1. The van der Waals surface area contributed by atoms with Crippen molar-refractivity contribution in [3.8, 4) is 0 Å². The Morgan fingerprint density at radius 2 is 1.73 bits per heavy atom. The van der Waals surface area contributed by atoms with Gasteiger partial charge in [-0.3, -0.25) is 4.79 Å². The number of rotatable bonds is 6. The maximum atomic E-state index is 13.1. The molecule has 2 aromatic carbocycles. The summed E-state index contributed by atoms with van der Waals surface area (Å²) >= 11 is 12.3. The summed E-state index contributed by atoms with van der Waals surface area (Å²) in [5.74, 6) is -0.833. The lowest BCUT2D eigenvalue weighted by Crippen LogP contribution is -2.15. The van der Waals surface area contributed by atoms with Gasteiger partial charge in [-0.15, -0.1) is 0 Å². The number of aromatic nitrogens is 1. The molecule has 0 aliphatic carbocycles. The Balaban J connectivity index is 2.06. The highest BCUT2D eigenvalue weighted by molar-refractivity contribution is 6.44. The van der Waals surface area contributed by atoms with Gasteiger partial charge in [-0.2, -0.15) is 0 Å². The number of hydrogen-bond donors (Lipinski definition) is 1. The van der Waals surface area contributed by atoms with Crippen LogP contribution in [-0.4, -0.2) is 23.1 Å². The fourth-order valence-corrected chi connectivity index (χ4v) is 3.79. The molecule has 0 radical (unpaired) electrons. The predicted octanol–water partition coefficient (Wildman–Crippen LogP) is 5.89. The minimum absolute atomic E-state index is 0.244. The van der Waals surface area contributed by atoms with Crippen molar-refractivity contribution < 1.29 is 14.3 Å². The predicted molar refractivity (Wildman–Crippen MR) is 120 cm³/mol. The third-order valence-corrected chi connectivity index (χ3v) is 5.66. The van der Waals surface area contributed by atoms with Gasteiger partial charge in [-0.05, 0) is 44.0 Å². The first kappa shape index (κ1) is 21.9. The lowest BCUT2D eigenvalue weighted by atomic mass is 10.1. The molecule has 0 fully saturated rings. The molecule has 0 unspecified atom stereocenters. The van der Waals surface area contributed by atoms with E-state index in [4.69, 9.17) is 27.9 Å². The number of amides is 1. The van der Waals surface area contributed by atoms with Crippen molar-refractivity contribution in [1.82, 2.24) is 4.57 Å². The molecule has 0 saturated heterocycles. The first-order valence-electron chi connectivity index (χ1n) is 9.51. The van der Waals surface area contributed by atoms with Crippen molar-refractivity contribution in [2.75, 3.05) is 11.9 Å². The maximum Gasteiger partial charge on any atom is 0.355 e. The van der Waals surface area contributed by atoms with E-state index in [0.29, 0.717) is 39.8 Å². The van der Waals surface area contributed by atoms with E-state index in [9.17, 15) is 9.59 Å². The third-order valence-electron chi connectivity index (χ3n) is 4.85. The van der Waals surface area contributed by atoms with Crippen molar-refractivity contribution in [3.05, 3.63) is 86.7 Å². The Hall–Kier alpha value is -2.76. The summed E-state index contributed by atoms with van der Waals surface area (Å²) < 4.78 is 7.07. The first-order valence-corrected chi connectivity index (χ1v) is 10.3. The number of nitrogens with one attached hydrogen (secondary N) is 1. The van der Waals surface area contributed by atoms with E-state index in [2.05, 4.69) is 5.32 Å². The van der Waals surface area contributed by atoms with Crippen LogP contribution in [0.4, 0.5) is 5.69 Å². The van der Waals surface area contributed by atoms with Crippen LogP contribution in [-0.2, 0) is 11.3 Å². The highest BCUT2D eigenvalue weighted by Gasteiger charge is 2.27. The molecule has 0 aliphatic rings. The number of hydrogen-bond acceptors (Lipinski definition) is 3. The molecule has 0 spiro atoms. The van der Waals surface area contributed by atoms with Crippen LogP contribution in [0.2, 0.25) is 10.0 Å². The van der Waals surface area contributed by atoms with Gasteiger partial charge in [-0.1, -0.05) is 59.6 Å². The summed E-state index contributed by atoms with van der Waals surface area (Å²) in [4.78, 5) is 25.8. The molecule has 1 N–H and O–H groups in total. The molecule has 0 atom stereocenters. The second-order valence-electron chi connectivity index (χ2n) is 6.78. The molecule has 7 heteroatoms. The van der Waals surface area contributed by atoms with Gasteiger partial charge in [-0.25, -0.2) is 4.79 Å². The van der Waals surface area contributed by atoms with Crippen molar-refractivity contribution in [1.29, 1.82) is 0 Å².